The normalized spacial score (nSPS) is 15.8. The van der Waals surface area contributed by atoms with Crippen molar-refractivity contribution in [1.29, 1.82) is 0 Å². The van der Waals surface area contributed by atoms with Gasteiger partial charge in [0, 0.05) is 32.2 Å². The van der Waals surface area contributed by atoms with Crippen LogP contribution in [0, 0.1) is 0 Å². The van der Waals surface area contributed by atoms with Crippen LogP contribution in [0.5, 0.6) is 0 Å². The average molecular weight is 294 g/mol. The van der Waals surface area contributed by atoms with Crippen LogP contribution in [0.4, 0.5) is 11.6 Å². The Morgan fingerprint density at radius 3 is 2.52 bits per heavy atom. The summed E-state index contributed by atoms with van der Waals surface area (Å²) < 4.78 is 4.92. The number of hydrogen-bond acceptors (Lipinski definition) is 6. The summed E-state index contributed by atoms with van der Waals surface area (Å²) in [5.74, 6) is 3.16. The molecule has 1 aromatic rings. The lowest BCUT2D eigenvalue weighted by Gasteiger charge is -2.12. The number of nitrogens with zero attached hydrogens (tertiary/aromatic N) is 2. The second kappa shape index (κ2) is 8.14. The summed E-state index contributed by atoms with van der Waals surface area (Å²) in [6, 6.07) is 1.93. The Hall–Kier alpha value is -1.40. The molecule has 1 saturated carbocycles. The number of aliphatic hydroxyl groups excluding tert-OH is 1. The molecule has 0 aromatic carbocycles. The zero-order valence-corrected chi connectivity index (χ0v) is 12.9. The topological polar surface area (TPSA) is 79.3 Å². The highest BCUT2D eigenvalue weighted by molar-refractivity contribution is 5.48. The van der Waals surface area contributed by atoms with E-state index >= 15 is 0 Å². The van der Waals surface area contributed by atoms with Crippen molar-refractivity contribution in [1.82, 2.24) is 9.97 Å². The maximum Gasteiger partial charge on any atom is 0.136 e. The zero-order chi connectivity index (χ0) is 15.1. The van der Waals surface area contributed by atoms with Gasteiger partial charge in [0.25, 0.3) is 0 Å². The fourth-order valence-electron chi connectivity index (χ4n) is 2.07. The molecule has 118 valence electrons. The van der Waals surface area contributed by atoms with Crippen molar-refractivity contribution in [3.8, 4) is 0 Å². The van der Waals surface area contributed by atoms with Gasteiger partial charge in [0.1, 0.15) is 17.5 Å². The monoisotopic (exact) mass is 294 g/mol. The van der Waals surface area contributed by atoms with E-state index in [-0.39, 0.29) is 0 Å². The van der Waals surface area contributed by atoms with Crippen molar-refractivity contribution in [2.24, 2.45) is 0 Å². The Bertz CT molecular complexity index is 438. The highest BCUT2D eigenvalue weighted by atomic mass is 16.5. The van der Waals surface area contributed by atoms with E-state index in [9.17, 15) is 5.11 Å². The summed E-state index contributed by atoms with van der Waals surface area (Å²) in [5.41, 5.74) is 0. The number of aromatic nitrogens is 2. The lowest BCUT2D eigenvalue weighted by Crippen LogP contribution is -2.19. The van der Waals surface area contributed by atoms with E-state index in [1.165, 1.54) is 12.8 Å². The highest BCUT2D eigenvalue weighted by Crippen LogP contribution is 2.38. The first-order valence-corrected chi connectivity index (χ1v) is 7.76. The van der Waals surface area contributed by atoms with Crippen LogP contribution in [0.3, 0.4) is 0 Å². The Morgan fingerprint density at radius 2 is 1.95 bits per heavy atom. The predicted octanol–water partition coefficient (Wildman–Crippen LogP) is 1.99. The molecule has 0 aliphatic heterocycles. The van der Waals surface area contributed by atoms with E-state index in [1.54, 1.807) is 7.11 Å². The van der Waals surface area contributed by atoms with Gasteiger partial charge in [0.2, 0.25) is 0 Å². The molecule has 1 unspecified atom stereocenters. The second-order valence-corrected chi connectivity index (χ2v) is 5.52. The summed E-state index contributed by atoms with van der Waals surface area (Å²) in [6.45, 7) is 4.07. The fourth-order valence-corrected chi connectivity index (χ4v) is 2.07. The first kappa shape index (κ1) is 16.0. The molecule has 1 atom stereocenters. The zero-order valence-electron chi connectivity index (χ0n) is 12.9. The molecule has 21 heavy (non-hydrogen) atoms. The Balaban J connectivity index is 1.92. The van der Waals surface area contributed by atoms with E-state index in [2.05, 4.69) is 27.5 Å². The van der Waals surface area contributed by atoms with Gasteiger partial charge < -0.3 is 20.5 Å². The van der Waals surface area contributed by atoms with Gasteiger partial charge in [-0.1, -0.05) is 6.92 Å². The van der Waals surface area contributed by atoms with Gasteiger partial charge in [-0.2, -0.15) is 0 Å². The molecule has 0 spiro atoms. The molecule has 6 heteroatoms. The largest absolute Gasteiger partial charge is 0.391 e. The number of anilines is 2. The van der Waals surface area contributed by atoms with Gasteiger partial charge in [0.05, 0.1) is 12.7 Å². The molecule has 0 amide bonds. The van der Waals surface area contributed by atoms with Crippen LogP contribution in [0.25, 0.3) is 0 Å². The molecule has 1 fully saturated rings. The third kappa shape index (κ3) is 5.47. The van der Waals surface area contributed by atoms with Crippen LogP contribution in [-0.4, -0.2) is 48.0 Å². The number of ether oxygens (including phenoxy) is 1. The third-order valence-corrected chi connectivity index (χ3v) is 3.38. The van der Waals surface area contributed by atoms with Gasteiger partial charge in [-0.3, -0.25) is 0 Å². The van der Waals surface area contributed by atoms with Crippen LogP contribution >= 0.6 is 0 Å². The van der Waals surface area contributed by atoms with Gasteiger partial charge in [-0.25, -0.2) is 9.97 Å². The Labute approximate surface area is 126 Å². The molecule has 1 aromatic heterocycles. The molecule has 0 radical (unpaired) electrons. The van der Waals surface area contributed by atoms with E-state index in [0.717, 1.165) is 30.4 Å². The summed E-state index contributed by atoms with van der Waals surface area (Å²) >= 11 is 0. The minimum absolute atomic E-state index is 0.363. The van der Waals surface area contributed by atoms with Crippen molar-refractivity contribution in [2.45, 2.75) is 44.6 Å². The lowest BCUT2D eigenvalue weighted by molar-refractivity contribution is 0.0615. The molecular weight excluding hydrogens is 268 g/mol. The van der Waals surface area contributed by atoms with Crippen LogP contribution in [0.1, 0.15) is 44.3 Å². The highest BCUT2D eigenvalue weighted by Gasteiger charge is 2.27. The summed E-state index contributed by atoms with van der Waals surface area (Å²) in [7, 11) is 1.59. The van der Waals surface area contributed by atoms with Crippen molar-refractivity contribution in [2.75, 3.05) is 37.4 Å². The summed E-state index contributed by atoms with van der Waals surface area (Å²) in [6.07, 6.45) is 3.63. The Kier molecular flexibility index (Phi) is 6.20. The maximum absolute atomic E-state index is 9.64. The lowest BCUT2D eigenvalue weighted by atomic mass is 10.2. The quantitative estimate of drug-likeness (QED) is 0.612. The van der Waals surface area contributed by atoms with Gasteiger partial charge in [-0.05, 0) is 25.7 Å². The fraction of sp³-hybridized carbons (Fsp3) is 0.733. The minimum Gasteiger partial charge on any atom is -0.391 e. The number of nitrogens with one attached hydrogen (secondary N) is 2. The molecule has 1 aliphatic rings. The number of rotatable bonds is 10. The van der Waals surface area contributed by atoms with Crippen LogP contribution < -0.4 is 10.6 Å². The second-order valence-electron chi connectivity index (χ2n) is 5.52. The number of hydrogen-bond donors (Lipinski definition) is 3. The van der Waals surface area contributed by atoms with Crippen LogP contribution in [-0.2, 0) is 4.74 Å². The standard InChI is InChI=1S/C15H26N4O2/c1-3-7-16-13-9-14(17-8-6-12(20)10-21-2)19-15(18-13)11-4-5-11/h9,11-12,20H,3-8,10H2,1-2H3,(H2,16,17,18,19). The molecule has 2 rings (SSSR count). The maximum atomic E-state index is 9.64. The van der Waals surface area contributed by atoms with Gasteiger partial charge >= 0.3 is 0 Å². The van der Waals surface area contributed by atoms with Crippen molar-refractivity contribution < 1.29 is 9.84 Å². The molecule has 6 nitrogen and oxygen atoms in total. The summed E-state index contributed by atoms with van der Waals surface area (Å²) in [5, 5.41) is 16.2. The molecular formula is C15H26N4O2. The number of aliphatic hydroxyl groups is 1. The SMILES string of the molecule is CCCNc1cc(NCCC(O)COC)nc(C2CC2)n1. The van der Waals surface area contributed by atoms with E-state index in [4.69, 9.17) is 4.74 Å². The Morgan fingerprint density at radius 1 is 1.29 bits per heavy atom. The van der Waals surface area contributed by atoms with Crippen LogP contribution in [0.2, 0.25) is 0 Å². The minimum atomic E-state index is -0.440. The van der Waals surface area contributed by atoms with Gasteiger partial charge in [0.15, 0.2) is 0 Å². The molecule has 3 N–H and O–H groups in total. The van der Waals surface area contributed by atoms with Crippen molar-refractivity contribution in [3.63, 3.8) is 0 Å². The summed E-state index contributed by atoms with van der Waals surface area (Å²) in [4.78, 5) is 9.15. The van der Waals surface area contributed by atoms with E-state index in [0.29, 0.717) is 25.5 Å². The van der Waals surface area contributed by atoms with Crippen LogP contribution in [0.15, 0.2) is 6.07 Å². The first-order valence-electron chi connectivity index (χ1n) is 7.76. The molecule has 0 saturated heterocycles. The average Bonchev–Trinajstić information content (AvgIpc) is 3.30. The first-order chi connectivity index (χ1) is 10.2. The molecule has 0 bridgehead atoms. The van der Waals surface area contributed by atoms with E-state index < -0.39 is 6.10 Å². The van der Waals surface area contributed by atoms with E-state index in [1.807, 2.05) is 6.07 Å². The number of methoxy groups -OCH3 is 1. The van der Waals surface area contributed by atoms with Crippen molar-refractivity contribution in [3.05, 3.63) is 11.9 Å². The van der Waals surface area contributed by atoms with Gasteiger partial charge in [-0.15, -0.1) is 0 Å². The molecule has 1 heterocycles. The predicted molar refractivity (Wildman–Crippen MR) is 83.8 cm³/mol. The third-order valence-electron chi connectivity index (χ3n) is 3.38. The molecule has 1 aliphatic carbocycles. The van der Waals surface area contributed by atoms with Crippen molar-refractivity contribution >= 4 is 11.6 Å². The smallest absolute Gasteiger partial charge is 0.136 e.